The van der Waals surface area contributed by atoms with Crippen LogP contribution in [0.5, 0.6) is 0 Å². The molecule has 1 aromatic rings. The molecule has 0 aliphatic carbocycles. The van der Waals surface area contributed by atoms with Crippen LogP contribution in [0.15, 0.2) is 5.38 Å². The second-order valence-corrected chi connectivity index (χ2v) is 6.04. The number of anilines is 1. The maximum Gasteiger partial charge on any atom is 0.327 e. The minimum absolute atomic E-state index is 0.121. The Balaban J connectivity index is 2.48. The number of carbonyl (C=O) groups is 3. The molecule has 0 atom stereocenters. The normalized spacial score (nSPS) is 10.9. The van der Waals surface area contributed by atoms with Crippen molar-refractivity contribution in [2.45, 2.75) is 39.0 Å². The summed E-state index contributed by atoms with van der Waals surface area (Å²) in [6, 6.07) is -0.713. The molecular weight excluding hydrogens is 282 g/mol. The van der Waals surface area contributed by atoms with Gasteiger partial charge in [-0.1, -0.05) is 20.8 Å². The fourth-order valence-electron chi connectivity index (χ4n) is 1.21. The summed E-state index contributed by atoms with van der Waals surface area (Å²) in [7, 11) is 0. The molecule has 0 spiro atoms. The first kappa shape index (κ1) is 16.1. The van der Waals surface area contributed by atoms with Crippen molar-refractivity contribution in [3.8, 4) is 0 Å². The van der Waals surface area contributed by atoms with Gasteiger partial charge in [-0.15, -0.1) is 11.3 Å². The van der Waals surface area contributed by atoms with E-state index in [1.165, 1.54) is 11.3 Å². The number of nitrogens with zero attached hydrogens (tertiary/aromatic N) is 1. The smallest absolute Gasteiger partial charge is 0.327 e. The fourth-order valence-corrected chi connectivity index (χ4v) is 2.15. The van der Waals surface area contributed by atoms with E-state index in [1.807, 2.05) is 31.5 Å². The van der Waals surface area contributed by atoms with Crippen LogP contribution in [0, 0.1) is 0 Å². The molecule has 7 nitrogen and oxygen atoms in total. The zero-order valence-electron chi connectivity index (χ0n) is 11.5. The molecule has 0 aliphatic rings. The molecule has 20 heavy (non-hydrogen) atoms. The van der Waals surface area contributed by atoms with Crippen molar-refractivity contribution in [1.82, 2.24) is 10.3 Å². The third-order valence-corrected chi connectivity index (χ3v) is 3.07. The monoisotopic (exact) mass is 299 g/mol. The first-order valence-electron chi connectivity index (χ1n) is 5.97. The molecule has 0 aromatic carbocycles. The molecular formula is C12H17N3O4S. The summed E-state index contributed by atoms with van der Waals surface area (Å²) in [5.74, 6) is -1.73. The van der Waals surface area contributed by atoms with Crippen LogP contribution in [0.1, 0.15) is 39.3 Å². The Labute approximate surface area is 120 Å². The zero-order valence-corrected chi connectivity index (χ0v) is 12.3. The van der Waals surface area contributed by atoms with Gasteiger partial charge in [0.05, 0.1) is 12.1 Å². The highest BCUT2D eigenvalue weighted by Crippen LogP contribution is 2.26. The van der Waals surface area contributed by atoms with Crippen LogP contribution in [0.2, 0.25) is 0 Å². The highest BCUT2D eigenvalue weighted by Gasteiger charge is 2.18. The number of rotatable bonds is 4. The van der Waals surface area contributed by atoms with E-state index in [-0.39, 0.29) is 18.3 Å². The number of hydrogen-bond acceptors (Lipinski definition) is 5. The maximum atomic E-state index is 11.5. The number of urea groups is 1. The van der Waals surface area contributed by atoms with Crippen molar-refractivity contribution < 1.29 is 19.5 Å². The zero-order chi connectivity index (χ0) is 15.3. The van der Waals surface area contributed by atoms with Gasteiger partial charge in [0.15, 0.2) is 5.13 Å². The minimum Gasteiger partial charge on any atom is -0.481 e. The lowest BCUT2D eigenvalue weighted by Crippen LogP contribution is -2.34. The molecule has 3 amide bonds. The number of thiazole rings is 1. The standard InChI is InChI=1S/C12H17N3O4S/c1-12(2,3)7-6-20-11(13-7)15-10(19)14-8(16)4-5-9(17)18/h6H,4-5H2,1-3H3,(H,17,18)(H2,13,14,15,16,19). The van der Waals surface area contributed by atoms with Crippen LogP contribution < -0.4 is 10.6 Å². The molecule has 0 radical (unpaired) electrons. The summed E-state index contributed by atoms with van der Waals surface area (Å²) in [4.78, 5) is 37.3. The van der Waals surface area contributed by atoms with Gasteiger partial charge >= 0.3 is 12.0 Å². The van der Waals surface area contributed by atoms with Crippen molar-refractivity contribution >= 4 is 34.4 Å². The Bertz CT molecular complexity index is 519. The van der Waals surface area contributed by atoms with Gasteiger partial charge in [-0.25, -0.2) is 9.78 Å². The van der Waals surface area contributed by atoms with Crippen molar-refractivity contribution in [2.24, 2.45) is 0 Å². The Kier molecular flexibility index (Phi) is 5.20. The van der Waals surface area contributed by atoms with Crippen LogP contribution in [0.4, 0.5) is 9.93 Å². The Morgan fingerprint density at radius 1 is 1.30 bits per heavy atom. The van der Waals surface area contributed by atoms with Crippen molar-refractivity contribution in [3.05, 3.63) is 11.1 Å². The van der Waals surface area contributed by atoms with Gasteiger partial charge in [0, 0.05) is 17.2 Å². The molecule has 0 saturated heterocycles. The van der Waals surface area contributed by atoms with Gasteiger partial charge < -0.3 is 5.11 Å². The molecule has 0 bridgehead atoms. The number of imide groups is 1. The lowest BCUT2D eigenvalue weighted by atomic mass is 9.93. The van der Waals surface area contributed by atoms with Crippen molar-refractivity contribution in [3.63, 3.8) is 0 Å². The summed E-state index contributed by atoms with van der Waals surface area (Å²) in [6.45, 7) is 6.00. The van der Waals surface area contributed by atoms with E-state index in [9.17, 15) is 14.4 Å². The average Bonchev–Trinajstić information content (AvgIpc) is 2.74. The molecule has 8 heteroatoms. The summed E-state index contributed by atoms with van der Waals surface area (Å²) in [5, 5.41) is 15.1. The number of carboxylic acids is 1. The van der Waals surface area contributed by atoms with Crippen LogP contribution in [-0.4, -0.2) is 28.0 Å². The summed E-state index contributed by atoms with van der Waals surface area (Å²) in [5.41, 5.74) is 0.722. The molecule has 3 N–H and O–H groups in total. The first-order chi connectivity index (χ1) is 9.18. The van der Waals surface area contributed by atoms with E-state index in [1.54, 1.807) is 0 Å². The van der Waals surface area contributed by atoms with Crippen LogP contribution in [0.25, 0.3) is 0 Å². The van der Waals surface area contributed by atoms with Gasteiger partial charge in [0.25, 0.3) is 0 Å². The predicted octanol–water partition coefficient (Wildman–Crippen LogP) is 1.95. The number of carboxylic acid groups (broad SMARTS) is 1. The van der Waals surface area contributed by atoms with Crippen molar-refractivity contribution in [1.29, 1.82) is 0 Å². The van der Waals surface area contributed by atoms with E-state index in [2.05, 4.69) is 10.3 Å². The van der Waals surface area contributed by atoms with E-state index in [4.69, 9.17) is 5.11 Å². The van der Waals surface area contributed by atoms with Gasteiger partial charge in [0.1, 0.15) is 0 Å². The lowest BCUT2D eigenvalue weighted by Gasteiger charge is -2.14. The topological polar surface area (TPSA) is 108 Å². The number of hydrogen-bond donors (Lipinski definition) is 3. The Morgan fingerprint density at radius 2 is 1.95 bits per heavy atom. The van der Waals surface area contributed by atoms with E-state index < -0.39 is 17.9 Å². The number of aliphatic carboxylic acids is 1. The third-order valence-electron chi connectivity index (χ3n) is 2.31. The van der Waals surface area contributed by atoms with Gasteiger partial charge in [0.2, 0.25) is 5.91 Å². The average molecular weight is 299 g/mol. The minimum atomic E-state index is -1.09. The van der Waals surface area contributed by atoms with E-state index in [0.717, 1.165) is 5.69 Å². The van der Waals surface area contributed by atoms with Gasteiger partial charge in [-0.05, 0) is 0 Å². The van der Waals surface area contributed by atoms with Gasteiger partial charge in [-0.2, -0.15) is 0 Å². The number of nitrogens with one attached hydrogen (secondary N) is 2. The molecule has 1 rings (SSSR count). The molecule has 1 heterocycles. The number of aromatic nitrogens is 1. The number of carbonyl (C=O) groups excluding carboxylic acids is 2. The molecule has 0 unspecified atom stereocenters. The second-order valence-electron chi connectivity index (χ2n) is 5.18. The van der Waals surface area contributed by atoms with Crippen LogP contribution in [0.3, 0.4) is 0 Å². The van der Waals surface area contributed by atoms with Crippen LogP contribution >= 0.6 is 11.3 Å². The highest BCUT2D eigenvalue weighted by atomic mass is 32.1. The largest absolute Gasteiger partial charge is 0.481 e. The fraction of sp³-hybridized carbons (Fsp3) is 0.500. The quantitative estimate of drug-likeness (QED) is 0.787. The highest BCUT2D eigenvalue weighted by molar-refractivity contribution is 7.13. The van der Waals surface area contributed by atoms with Crippen molar-refractivity contribution in [2.75, 3.05) is 5.32 Å². The molecule has 110 valence electrons. The lowest BCUT2D eigenvalue weighted by molar-refractivity contribution is -0.138. The van der Waals surface area contributed by atoms with E-state index in [0.29, 0.717) is 5.13 Å². The summed E-state index contributed by atoms with van der Waals surface area (Å²) < 4.78 is 0. The Hall–Kier alpha value is -1.96. The summed E-state index contributed by atoms with van der Waals surface area (Å²) >= 11 is 1.26. The molecule has 0 fully saturated rings. The SMILES string of the molecule is CC(C)(C)c1csc(NC(=O)NC(=O)CCC(=O)O)n1. The summed E-state index contributed by atoms with van der Waals surface area (Å²) in [6.07, 6.45) is -0.557. The third kappa shape index (κ3) is 5.35. The maximum absolute atomic E-state index is 11.5. The predicted molar refractivity (Wildman–Crippen MR) is 74.8 cm³/mol. The molecule has 0 aliphatic heterocycles. The number of amides is 3. The van der Waals surface area contributed by atoms with Crippen LogP contribution in [-0.2, 0) is 15.0 Å². The van der Waals surface area contributed by atoms with Gasteiger partial charge in [-0.3, -0.25) is 20.2 Å². The second kappa shape index (κ2) is 6.47. The molecule has 1 aromatic heterocycles. The molecule has 0 saturated carbocycles. The van der Waals surface area contributed by atoms with E-state index >= 15 is 0 Å². The Morgan fingerprint density at radius 3 is 2.45 bits per heavy atom. The first-order valence-corrected chi connectivity index (χ1v) is 6.85.